The largest absolute Gasteiger partial charge is 0.464 e. The maximum atomic E-state index is 11.2. The Hall–Kier alpha value is -1.59. The number of hydrogen-bond acceptors (Lipinski definition) is 5. The van der Waals surface area contributed by atoms with Crippen molar-refractivity contribution in [2.24, 2.45) is 5.92 Å². The van der Waals surface area contributed by atoms with Crippen molar-refractivity contribution in [1.82, 2.24) is 14.8 Å². The van der Waals surface area contributed by atoms with Gasteiger partial charge in [0.15, 0.2) is 0 Å². The van der Waals surface area contributed by atoms with Gasteiger partial charge in [-0.05, 0) is 5.92 Å². The summed E-state index contributed by atoms with van der Waals surface area (Å²) in [4.78, 5) is 14.9. The molecule has 0 aromatic carbocycles. The van der Waals surface area contributed by atoms with Crippen molar-refractivity contribution in [1.29, 1.82) is 0 Å². The molecule has 2 N–H and O–H groups in total. The van der Waals surface area contributed by atoms with E-state index < -0.39 is 0 Å². The zero-order chi connectivity index (χ0) is 10.6. The highest BCUT2D eigenvalue weighted by molar-refractivity contribution is 5.69. The molecule has 1 aromatic heterocycles. The highest BCUT2D eigenvalue weighted by atomic mass is 16.5. The van der Waals surface area contributed by atoms with Gasteiger partial charge in [-0.25, -0.2) is 9.67 Å². The van der Waals surface area contributed by atoms with Crippen LogP contribution in [0.1, 0.15) is 13.8 Å². The lowest BCUT2D eigenvalue weighted by molar-refractivity contribution is -0.145. The first-order valence-corrected chi connectivity index (χ1v) is 4.38. The van der Waals surface area contributed by atoms with E-state index in [2.05, 4.69) is 10.1 Å². The van der Waals surface area contributed by atoms with Gasteiger partial charge < -0.3 is 10.5 Å². The Morgan fingerprint density at radius 3 is 2.93 bits per heavy atom. The monoisotopic (exact) mass is 198 g/mol. The molecule has 0 saturated carbocycles. The molecule has 6 heteroatoms. The van der Waals surface area contributed by atoms with Crippen LogP contribution in [0.4, 0.5) is 5.95 Å². The third-order valence-electron chi connectivity index (χ3n) is 1.42. The van der Waals surface area contributed by atoms with Crippen molar-refractivity contribution >= 4 is 11.9 Å². The molecule has 0 unspecified atom stereocenters. The molecule has 0 amide bonds. The van der Waals surface area contributed by atoms with E-state index in [1.807, 2.05) is 13.8 Å². The third-order valence-corrected chi connectivity index (χ3v) is 1.42. The number of nitrogens with two attached hydrogens (primary N) is 1. The number of hydrogen-bond donors (Lipinski definition) is 1. The molecule has 14 heavy (non-hydrogen) atoms. The number of nitrogen functional groups attached to an aromatic ring is 1. The number of ether oxygens (including phenoxy) is 1. The average Bonchev–Trinajstić information content (AvgIpc) is 2.48. The first-order valence-electron chi connectivity index (χ1n) is 4.38. The summed E-state index contributed by atoms with van der Waals surface area (Å²) in [6.07, 6.45) is 1.39. The normalized spacial score (nSPS) is 10.5. The van der Waals surface area contributed by atoms with Gasteiger partial charge in [-0.1, -0.05) is 13.8 Å². The summed E-state index contributed by atoms with van der Waals surface area (Å²) in [5.41, 5.74) is 5.28. The predicted molar refractivity (Wildman–Crippen MR) is 50.2 cm³/mol. The highest BCUT2D eigenvalue weighted by Crippen LogP contribution is 1.95. The van der Waals surface area contributed by atoms with Crippen LogP contribution in [0.5, 0.6) is 0 Å². The zero-order valence-corrected chi connectivity index (χ0v) is 8.30. The van der Waals surface area contributed by atoms with Crippen LogP contribution in [0.3, 0.4) is 0 Å². The van der Waals surface area contributed by atoms with Gasteiger partial charge in [-0.3, -0.25) is 4.79 Å². The van der Waals surface area contributed by atoms with Crippen molar-refractivity contribution in [3.05, 3.63) is 6.33 Å². The maximum Gasteiger partial charge on any atom is 0.327 e. The van der Waals surface area contributed by atoms with Crippen LogP contribution >= 0.6 is 0 Å². The summed E-state index contributed by atoms with van der Waals surface area (Å²) in [7, 11) is 0. The van der Waals surface area contributed by atoms with Crippen molar-refractivity contribution in [3.8, 4) is 0 Å². The van der Waals surface area contributed by atoms with Crippen LogP contribution in [0.15, 0.2) is 6.33 Å². The van der Waals surface area contributed by atoms with Crippen LogP contribution in [0.2, 0.25) is 0 Å². The molecule has 0 bridgehead atoms. The van der Waals surface area contributed by atoms with Gasteiger partial charge in [-0.2, -0.15) is 0 Å². The molecule has 0 saturated heterocycles. The molecule has 0 radical (unpaired) electrons. The average molecular weight is 198 g/mol. The maximum absolute atomic E-state index is 11.2. The number of carbonyl (C=O) groups excluding carboxylic acids is 1. The fourth-order valence-corrected chi connectivity index (χ4v) is 0.823. The number of aromatic nitrogens is 3. The zero-order valence-electron chi connectivity index (χ0n) is 8.30. The molecule has 78 valence electrons. The Balaban J connectivity index is 2.34. The Bertz CT molecular complexity index is 308. The lowest BCUT2D eigenvalue weighted by Gasteiger charge is -2.06. The van der Waals surface area contributed by atoms with Crippen molar-refractivity contribution < 1.29 is 9.53 Å². The fraction of sp³-hybridized carbons (Fsp3) is 0.625. The van der Waals surface area contributed by atoms with E-state index in [4.69, 9.17) is 10.5 Å². The van der Waals surface area contributed by atoms with Crippen molar-refractivity contribution in [2.45, 2.75) is 20.4 Å². The molecule has 0 spiro atoms. The summed E-state index contributed by atoms with van der Waals surface area (Å²) in [5.74, 6) is 0.157. The minimum absolute atomic E-state index is 0.0525. The molecule has 1 rings (SSSR count). The summed E-state index contributed by atoms with van der Waals surface area (Å²) >= 11 is 0. The second kappa shape index (κ2) is 4.59. The molecule has 0 atom stereocenters. The van der Waals surface area contributed by atoms with Gasteiger partial charge in [-0.15, -0.1) is 5.10 Å². The number of esters is 1. The smallest absolute Gasteiger partial charge is 0.327 e. The van der Waals surface area contributed by atoms with E-state index >= 15 is 0 Å². The molecule has 0 fully saturated rings. The molecule has 1 heterocycles. The Morgan fingerprint density at radius 2 is 2.43 bits per heavy atom. The van der Waals surface area contributed by atoms with Crippen LogP contribution in [-0.2, 0) is 16.1 Å². The second-order valence-corrected chi connectivity index (χ2v) is 3.38. The van der Waals surface area contributed by atoms with Crippen LogP contribution < -0.4 is 5.73 Å². The quantitative estimate of drug-likeness (QED) is 0.691. The number of nitrogens with zero attached hydrogens (tertiary/aromatic N) is 3. The molecular formula is C8H14N4O2. The van der Waals surface area contributed by atoms with E-state index in [1.165, 1.54) is 11.0 Å². The second-order valence-electron chi connectivity index (χ2n) is 3.38. The minimum Gasteiger partial charge on any atom is -0.464 e. The summed E-state index contributed by atoms with van der Waals surface area (Å²) in [6.45, 7) is 4.42. The SMILES string of the molecule is CC(C)COC(=O)Cn1cnc(N)n1. The van der Waals surface area contributed by atoms with Gasteiger partial charge in [0.25, 0.3) is 0 Å². The minimum atomic E-state index is -0.330. The molecular weight excluding hydrogens is 184 g/mol. The highest BCUT2D eigenvalue weighted by Gasteiger charge is 2.06. The molecule has 1 aromatic rings. The molecule has 0 aliphatic heterocycles. The third kappa shape index (κ3) is 3.42. The van der Waals surface area contributed by atoms with E-state index in [0.717, 1.165) is 0 Å². The Kier molecular flexibility index (Phi) is 3.44. The number of anilines is 1. The van der Waals surface area contributed by atoms with Gasteiger partial charge >= 0.3 is 5.97 Å². The Morgan fingerprint density at radius 1 is 1.71 bits per heavy atom. The van der Waals surface area contributed by atoms with Gasteiger partial charge in [0, 0.05) is 0 Å². The lowest BCUT2D eigenvalue weighted by Crippen LogP contribution is -2.16. The summed E-state index contributed by atoms with van der Waals surface area (Å²) in [6, 6.07) is 0. The van der Waals surface area contributed by atoms with E-state index in [0.29, 0.717) is 12.5 Å². The van der Waals surface area contributed by atoms with E-state index in [-0.39, 0.29) is 18.5 Å². The lowest BCUT2D eigenvalue weighted by atomic mass is 10.2. The van der Waals surface area contributed by atoms with Crippen molar-refractivity contribution in [2.75, 3.05) is 12.3 Å². The van der Waals surface area contributed by atoms with Gasteiger partial charge in [0.05, 0.1) is 6.61 Å². The predicted octanol–water partition coefficient (Wildman–Crippen LogP) is 0.0595. The summed E-state index contributed by atoms with van der Waals surface area (Å²) in [5, 5.41) is 3.76. The van der Waals surface area contributed by atoms with E-state index in [9.17, 15) is 4.79 Å². The number of rotatable bonds is 4. The van der Waals surface area contributed by atoms with Crippen LogP contribution in [0, 0.1) is 5.92 Å². The molecule has 0 aliphatic rings. The van der Waals surface area contributed by atoms with Gasteiger partial charge in [0.2, 0.25) is 5.95 Å². The first kappa shape index (κ1) is 10.5. The topological polar surface area (TPSA) is 83.0 Å². The standard InChI is InChI=1S/C8H14N4O2/c1-6(2)4-14-7(13)3-12-5-10-8(9)11-12/h5-6H,3-4H2,1-2H3,(H2,9,11). The van der Waals surface area contributed by atoms with Crippen molar-refractivity contribution in [3.63, 3.8) is 0 Å². The molecule has 0 aliphatic carbocycles. The van der Waals surface area contributed by atoms with Crippen LogP contribution in [-0.4, -0.2) is 27.3 Å². The first-order chi connectivity index (χ1) is 6.58. The fourth-order valence-electron chi connectivity index (χ4n) is 0.823. The van der Waals surface area contributed by atoms with Crippen LogP contribution in [0.25, 0.3) is 0 Å². The Labute approximate surface area is 82.1 Å². The molecule has 6 nitrogen and oxygen atoms in total. The summed E-state index contributed by atoms with van der Waals surface area (Å²) < 4.78 is 6.29. The van der Waals surface area contributed by atoms with Gasteiger partial charge in [0.1, 0.15) is 12.9 Å². The number of carbonyl (C=O) groups is 1. The van der Waals surface area contributed by atoms with E-state index in [1.54, 1.807) is 0 Å².